The van der Waals surface area contributed by atoms with Gasteiger partial charge in [-0.2, -0.15) is 0 Å². The number of hydrogen-bond donors (Lipinski definition) is 4. The predicted octanol–water partition coefficient (Wildman–Crippen LogP) is -2.24. The van der Waals surface area contributed by atoms with E-state index in [9.17, 15) is 0 Å². The molecule has 4 N–H and O–H groups in total. The molecule has 0 heterocycles. The van der Waals surface area contributed by atoms with E-state index in [0.29, 0.717) is 0 Å². The average molecular weight is 229 g/mol. The van der Waals surface area contributed by atoms with Crippen LogP contribution in [0.1, 0.15) is 0 Å². The monoisotopic (exact) mass is 228 g/mol. The molecule has 0 saturated heterocycles. The third-order valence-corrected chi connectivity index (χ3v) is 0. The van der Waals surface area contributed by atoms with Crippen LogP contribution in [0.3, 0.4) is 0 Å². The van der Waals surface area contributed by atoms with Gasteiger partial charge in [-0.05, 0) is 0 Å². The Kier molecular flexibility index (Phi) is 13.7. The van der Waals surface area contributed by atoms with Crippen molar-refractivity contribution < 1.29 is 74.1 Å². The second kappa shape index (κ2) is 6.02. The summed E-state index contributed by atoms with van der Waals surface area (Å²) in [6.07, 6.45) is 0. The SMILES string of the molecule is [OH][Ti]([OH])([OH])[OH].[Ti].[Zn]. The molecule has 0 fully saturated rings. The molecule has 0 unspecified atom stereocenters. The fourth-order valence-corrected chi connectivity index (χ4v) is 0. The molecule has 0 aliphatic carbocycles. The summed E-state index contributed by atoms with van der Waals surface area (Å²) in [5.74, 6) is 0. The molecule has 0 saturated carbocycles. The van der Waals surface area contributed by atoms with E-state index in [0.717, 1.165) is 0 Å². The largest absolute Gasteiger partial charge is 0 e. The second-order valence-electron chi connectivity index (χ2n) is 0.600. The fraction of sp³-hybridized carbons (Fsp3) is 0. The summed E-state index contributed by atoms with van der Waals surface area (Å²) in [4.78, 5) is 0. The minimum Gasteiger partial charge on any atom is 0 e. The fourth-order valence-electron chi connectivity index (χ4n) is 0. The molecule has 0 aliphatic rings. The first-order valence-electron chi connectivity index (χ1n) is 0.894. The molecule has 0 rings (SSSR count). The third kappa shape index (κ3) is 76.5. The van der Waals surface area contributed by atoms with Gasteiger partial charge in [0.2, 0.25) is 0 Å². The minimum absolute atomic E-state index is 0. The zero-order chi connectivity index (χ0) is 4.50. The zero-order valence-corrected chi connectivity index (χ0v) is 9.59. The van der Waals surface area contributed by atoms with Gasteiger partial charge < -0.3 is 0 Å². The summed E-state index contributed by atoms with van der Waals surface area (Å²) in [6, 6.07) is 0. The smallest absolute Gasteiger partial charge is 0 e. The van der Waals surface area contributed by atoms with Crippen LogP contribution in [0.25, 0.3) is 0 Å². The Balaban J connectivity index is -0.0000000800. The molecule has 38 valence electrons. The van der Waals surface area contributed by atoms with Crippen LogP contribution in [0.4, 0.5) is 0 Å². The average Bonchev–Trinajstić information content (AvgIpc) is 0.722. The first-order valence-corrected chi connectivity index (χ1v) is 3.69. The molecule has 0 aliphatic heterocycles. The Hall–Kier alpha value is 1.89. The van der Waals surface area contributed by atoms with E-state index in [1.807, 2.05) is 0 Å². The molecule has 0 spiro atoms. The summed E-state index contributed by atoms with van der Waals surface area (Å²) in [5, 5.41) is 0. The minimum atomic E-state index is -5.00. The van der Waals surface area contributed by atoms with Crippen LogP contribution in [0.2, 0.25) is 0 Å². The van der Waals surface area contributed by atoms with Crippen LogP contribution in [-0.2, 0) is 59.3 Å². The molecule has 0 aromatic carbocycles. The van der Waals surface area contributed by atoms with Crippen molar-refractivity contribution in [3.05, 3.63) is 0 Å². The van der Waals surface area contributed by atoms with Crippen LogP contribution in [-0.4, -0.2) is 14.8 Å². The molecular weight excluding hydrogens is 225 g/mol. The molecule has 7 heavy (non-hydrogen) atoms. The molecule has 0 atom stereocenters. The van der Waals surface area contributed by atoms with Gasteiger partial charge in [0.15, 0.2) is 0 Å². The van der Waals surface area contributed by atoms with Crippen LogP contribution in [0.5, 0.6) is 0 Å². The summed E-state index contributed by atoms with van der Waals surface area (Å²) in [5.41, 5.74) is 0. The van der Waals surface area contributed by atoms with Crippen molar-refractivity contribution in [2.75, 3.05) is 0 Å². The van der Waals surface area contributed by atoms with Crippen molar-refractivity contribution in [1.29, 1.82) is 0 Å². The Morgan fingerprint density at radius 2 is 0.857 bits per heavy atom. The van der Waals surface area contributed by atoms with Crippen LogP contribution in [0, 0.1) is 0 Å². The summed E-state index contributed by atoms with van der Waals surface area (Å²) in [6.45, 7) is 0. The molecule has 7 heteroatoms. The quantitative estimate of drug-likeness (QED) is 0.354. The van der Waals surface area contributed by atoms with Crippen molar-refractivity contribution in [2.24, 2.45) is 0 Å². The van der Waals surface area contributed by atoms with E-state index in [2.05, 4.69) is 0 Å². The topological polar surface area (TPSA) is 80.9 Å². The van der Waals surface area contributed by atoms with E-state index >= 15 is 0 Å². The molecular formula is H4O4Ti2Zn. The molecule has 0 aromatic rings. The molecule has 0 bridgehead atoms. The molecule has 4 nitrogen and oxygen atoms in total. The van der Waals surface area contributed by atoms with Crippen molar-refractivity contribution >= 4 is 0 Å². The summed E-state index contributed by atoms with van der Waals surface area (Å²) in [7, 11) is 0. The van der Waals surface area contributed by atoms with Gasteiger partial charge in [-0.15, -0.1) is 0 Å². The second-order valence-corrected chi connectivity index (χ2v) is 2.47. The first-order chi connectivity index (χ1) is 2.00. The normalized spacial score (nSPS) is 8.57. The maximum absolute atomic E-state index is 7.38. The van der Waals surface area contributed by atoms with Gasteiger partial charge in [-0.3, -0.25) is 0 Å². The van der Waals surface area contributed by atoms with Gasteiger partial charge in [-0.25, -0.2) is 0 Å². The van der Waals surface area contributed by atoms with Gasteiger partial charge in [0.05, 0.1) is 0 Å². The Morgan fingerprint density at radius 1 is 0.857 bits per heavy atom. The van der Waals surface area contributed by atoms with Crippen molar-refractivity contribution in [3.63, 3.8) is 0 Å². The molecule has 0 amide bonds. The number of hydrogen-bond acceptors (Lipinski definition) is 4. The van der Waals surface area contributed by atoms with Gasteiger partial charge in [-0.1, -0.05) is 0 Å². The zero-order valence-electron chi connectivity index (χ0n) is 3.50. The van der Waals surface area contributed by atoms with Crippen molar-refractivity contribution in [1.82, 2.24) is 0 Å². The van der Waals surface area contributed by atoms with E-state index in [1.54, 1.807) is 0 Å². The first kappa shape index (κ1) is 16.0. The molecule has 0 aromatic heterocycles. The maximum atomic E-state index is 7.38. The van der Waals surface area contributed by atoms with Crippen LogP contribution in [0.15, 0.2) is 0 Å². The van der Waals surface area contributed by atoms with E-state index in [-0.39, 0.29) is 41.2 Å². The maximum Gasteiger partial charge on any atom is 0 e. The third-order valence-electron chi connectivity index (χ3n) is 0. The Morgan fingerprint density at radius 3 is 0.857 bits per heavy atom. The van der Waals surface area contributed by atoms with E-state index < -0.39 is 18.1 Å². The van der Waals surface area contributed by atoms with E-state index in [4.69, 9.17) is 14.8 Å². The van der Waals surface area contributed by atoms with Gasteiger partial charge in [0.1, 0.15) is 0 Å². The van der Waals surface area contributed by atoms with Gasteiger partial charge >= 0.3 is 32.9 Å². The Bertz CT molecular complexity index is 25.2. The predicted molar refractivity (Wildman–Crippen MR) is 8.88 cm³/mol. The van der Waals surface area contributed by atoms with Gasteiger partial charge in [0.25, 0.3) is 0 Å². The van der Waals surface area contributed by atoms with Crippen LogP contribution < -0.4 is 0 Å². The summed E-state index contributed by atoms with van der Waals surface area (Å²) < 4.78 is 29.5. The number of rotatable bonds is 0. The standard InChI is InChI=1S/4H2O.2Ti.Zn/h4*1H2;;;/q;;;;;+4;/p-4. The Labute approximate surface area is 73.5 Å². The summed E-state index contributed by atoms with van der Waals surface area (Å²) >= 11 is -5.00. The van der Waals surface area contributed by atoms with Crippen molar-refractivity contribution in [3.8, 4) is 0 Å². The van der Waals surface area contributed by atoms with Gasteiger partial charge in [0, 0.05) is 41.2 Å². The van der Waals surface area contributed by atoms with E-state index in [1.165, 1.54) is 0 Å². The van der Waals surface area contributed by atoms with Crippen LogP contribution >= 0.6 is 0 Å². The molecule has 0 radical (unpaired) electrons. The van der Waals surface area contributed by atoms with Crippen molar-refractivity contribution in [2.45, 2.75) is 0 Å².